The minimum absolute atomic E-state index is 0. The molecular weight excluding hydrogens is 139 g/mol. The second-order valence-corrected chi connectivity index (χ2v) is 1.62. The minimum Gasteiger partial charge on any atom is -0.512 e. The molecule has 0 saturated heterocycles. The molecule has 1 rings (SSSR count). The smallest absolute Gasteiger partial charge is 0.0925 e. The Morgan fingerprint density at radius 3 is 2.50 bits per heavy atom. The van der Waals surface area contributed by atoms with Crippen LogP contribution in [0.25, 0.3) is 0 Å². The largest absolute Gasteiger partial charge is 0.512 e. The number of aliphatic hydroxyl groups excluding tert-OH is 1. The van der Waals surface area contributed by atoms with Gasteiger partial charge in [-0.25, -0.2) is 0 Å². The third-order valence-corrected chi connectivity index (χ3v) is 0.992. The van der Waals surface area contributed by atoms with Gasteiger partial charge in [0.05, 0.1) is 5.76 Å². The Balaban J connectivity index is 0.000000490. The molecule has 0 atom stereocenters. The first-order chi connectivity index (χ1) is 3.39. The molecule has 0 fully saturated rings. The predicted molar refractivity (Wildman–Crippen MR) is 29.1 cm³/mol. The van der Waals surface area contributed by atoms with Crippen molar-refractivity contribution >= 4 is 0 Å². The van der Waals surface area contributed by atoms with Gasteiger partial charge in [0.15, 0.2) is 0 Å². The Morgan fingerprint density at radius 2 is 2.25 bits per heavy atom. The number of aliphatic hydroxyl groups is 1. The van der Waals surface area contributed by atoms with Crippen LogP contribution in [-0.4, -0.2) is 5.11 Å². The van der Waals surface area contributed by atoms with Crippen molar-refractivity contribution in [3.05, 3.63) is 24.0 Å². The van der Waals surface area contributed by atoms with Gasteiger partial charge in [-0.1, -0.05) is 12.2 Å². The number of hydrogen-bond donors (Lipinski definition) is 1. The van der Waals surface area contributed by atoms with Crippen LogP contribution in [0.2, 0.25) is 0 Å². The van der Waals surface area contributed by atoms with Gasteiger partial charge in [-0.05, 0) is 12.5 Å². The van der Waals surface area contributed by atoms with E-state index in [1.807, 2.05) is 12.2 Å². The molecule has 43 valence electrons. The van der Waals surface area contributed by atoms with Crippen molar-refractivity contribution in [3.8, 4) is 0 Å². The Morgan fingerprint density at radius 1 is 1.50 bits per heavy atom. The van der Waals surface area contributed by atoms with Crippen LogP contribution in [-0.2, 0) is 18.6 Å². The van der Waals surface area contributed by atoms with Crippen molar-refractivity contribution in [3.63, 3.8) is 0 Å². The maximum atomic E-state index is 8.72. The first kappa shape index (κ1) is 7.86. The quantitative estimate of drug-likeness (QED) is 0.553. The van der Waals surface area contributed by atoms with Gasteiger partial charge in [0.1, 0.15) is 0 Å². The number of hydrogen-bond acceptors (Lipinski definition) is 1. The van der Waals surface area contributed by atoms with Gasteiger partial charge in [-0.15, -0.1) is 0 Å². The summed E-state index contributed by atoms with van der Waals surface area (Å²) >= 11 is 0. The SMILES string of the molecule is OC1=CC=CCC1.[V]. The molecule has 0 unspecified atom stereocenters. The van der Waals surface area contributed by atoms with Gasteiger partial charge in [-0.3, -0.25) is 0 Å². The van der Waals surface area contributed by atoms with Gasteiger partial charge in [-0.2, -0.15) is 0 Å². The molecule has 2 heteroatoms. The van der Waals surface area contributed by atoms with Gasteiger partial charge in [0.2, 0.25) is 0 Å². The molecule has 0 aromatic carbocycles. The van der Waals surface area contributed by atoms with Crippen LogP contribution in [0, 0.1) is 0 Å². The fourth-order valence-corrected chi connectivity index (χ4v) is 0.590. The average molecular weight is 147 g/mol. The summed E-state index contributed by atoms with van der Waals surface area (Å²) in [6, 6.07) is 0. The summed E-state index contributed by atoms with van der Waals surface area (Å²) in [5.74, 6) is 0.502. The summed E-state index contributed by atoms with van der Waals surface area (Å²) in [7, 11) is 0. The van der Waals surface area contributed by atoms with E-state index in [9.17, 15) is 0 Å². The second-order valence-electron chi connectivity index (χ2n) is 1.62. The number of rotatable bonds is 0. The van der Waals surface area contributed by atoms with Crippen molar-refractivity contribution in [2.45, 2.75) is 12.8 Å². The monoisotopic (exact) mass is 147 g/mol. The van der Waals surface area contributed by atoms with Crippen LogP contribution < -0.4 is 0 Å². The summed E-state index contributed by atoms with van der Waals surface area (Å²) in [4.78, 5) is 0. The zero-order chi connectivity index (χ0) is 5.11. The standard InChI is InChI=1S/C6H8O.V/c7-6-4-2-1-3-5-6;/h1-2,4,7H,3,5H2;. The first-order valence-electron chi connectivity index (χ1n) is 2.44. The maximum absolute atomic E-state index is 8.72. The molecule has 8 heavy (non-hydrogen) atoms. The molecule has 1 aliphatic rings. The van der Waals surface area contributed by atoms with Crippen molar-refractivity contribution in [2.24, 2.45) is 0 Å². The van der Waals surface area contributed by atoms with E-state index in [0.717, 1.165) is 12.8 Å². The molecule has 1 radical (unpaired) electrons. The molecule has 0 aromatic heterocycles. The zero-order valence-corrected chi connectivity index (χ0v) is 5.94. The molecule has 1 aliphatic carbocycles. The third kappa shape index (κ3) is 2.24. The molecule has 1 nitrogen and oxygen atoms in total. The topological polar surface area (TPSA) is 20.2 Å². The molecule has 0 spiro atoms. The first-order valence-corrected chi connectivity index (χ1v) is 2.44. The molecular formula is C6H8OV. The van der Waals surface area contributed by atoms with Crippen molar-refractivity contribution in [2.75, 3.05) is 0 Å². The molecule has 0 amide bonds. The van der Waals surface area contributed by atoms with Gasteiger partial charge in [0.25, 0.3) is 0 Å². The summed E-state index contributed by atoms with van der Waals surface area (Å²) in [6.45, 7) is 0. The van der Waals surface area contributed by atoms with E-state index in [-0.39, 0.29) is 18.6 Å². The van der Waals surface area contributed by atoms with Gasteiger partial charge >= 0.3 is 0 Å². The van der Waals surface area contributed by atoms with E-state index in [1.54, 1.807) is 6.08 Å². The Bertz CT molecular complexity index is 116. The van der Waals surface area contributed by atoms with E-state index in [0.29, 0.717) is 5.76 Å². The Labute approximate surface area is 61.0 Å². The number of allylic oxidation sites excluding steroid dienone is 4. The summed E-state index contributed by atoms with van der Waals surface area (Å²) < 4.78 is 0. The Hall–Kier alpha value is -0.136. The summed E-state index contributed by atoms with van der Waals surface area (Å²) in [6.07, 6.45) is 7.45. The summed E-state index contributed by atoms with van der Waals surface area (Å²) in [5.41, 5.74) is 0. The molecule has 0 heterocycles. The minimum atomic E-state index is 0. The van der Waals surface area contributed by atoms with Crippen molar-refractivity contribution in [1.29, 1.82) is 0 Å². The fourth-order valence-electron chi connectivity index (χ4n) is 0.590. The van der Waals surface area contributed by atoms with E-state index >= 15 is 0 Å². The molecule has 1 N–H and O–H groups in total. The van der Waals surface area contributed by atoms with Crippen molar-refractivity contribution < 1.29 is 23.7 Å². The van der Waals surface area contributed by atoms with E-state index in [2.05, 4.69) is 0 Å². The van der Waals surface area contributed by atoms with E-state index in [1.165, 1.54) is 0 Å². The second kappa shape index (κ2) is 3.82. The van der Waals surface area contributed by atoms with Crippen LogP contribution in [0.15, 0.2) is 24.0 Å². The molecule has 0 aliphatic heterocycles. The normalized spacial score (nSPS) is 16.8. The average Bonchev–Trinajstić information content (AvgIpc) is 1.69. The van der Waals surface area contributed by atoms with Crippen LogP contribution in [0.1, 0.15) is 12.8 Å². The van der Waals surface area contributed by atoms with Crippen LogP contribution in [0.4, 0.5) is 0 Å². The van der Waals surface area contributed by atoms with Crippen molar-refractivity contribution in [1.82, 2.24) is 0 Å². The maximum Gasteiger partial charge on any atom is 0.0925 e. The van der Waals surface area contributed by atoms with Crippen LogP contribution >= 0.6 is 0 Å². The van der Waals surface area contributed by atoms with Crippen LogP contribution in [0.3, 0.4) is 0 Å². The third-order valence-electron chi connectivity index (χ3n) is 0.992. The molecule has 0 aromatic rings. The molecule has 0 saturated carbocycles. The Kier molecular flexibility index (Phi) is 3.75. The van der Waals surface area contributed by atoms with Gasteiger partial charge < -0.3 is 5.11 Å². The van der Waals surface area contributed by atoms with Gasteiger partial charge in [0, 0.05) is 25.0 Å². The summed E-state index contributed by atoms with van der Waals surface area (Å²) in [5, 5.41) is 8.72. The van der Waals surface area contributed by atoms with E-state index < -0.39 is 0 Å². The fraction of sp³-hybridized carbons (Fsp3) is 0.333. The predicted octanol–water partition coefficient (Wildman–Crippen LogP) is 1.78. The van der Waals surface area contributed by atoms with E-state index in [4.69, 9.17) is 5.11 Å². The molecule has 0 bridgehead atoms. The van der Waals surface area contributed by atoms with Crippen LogP contribution in [0.5, 0.6) is 0 Å². The zero-order valence-electron chi connectivity index (χ0n) is 4.54.